The second-order valence-corrected chi connectivity index (χ2v) is 9.47. The summed E-state index contributed by atoms with van der Waals surface area (Å²) in [5, 5.41) is 0. The SMILES string of the molecule is C=CCCC(C)CCC(C)C1CCC(C2CCC(CC)CC2)CC1F. The lowest BCUT2D eigenvalue weighted by Gasteiger charge is -2.41. The summed E-state index contributed by atoms with van der Waals surface area (Å²) in [6, 6.07) is 0. The summed E-state index contributed by atoms with van der Waals surface area (Å²) in [5.41, 5.74) is 0. The van der Waals surface area contributed by atoms with Crippen LogP contribution in [0.2, 0.25) is 0 Å². The van der Waals surface area contributed by atoms with Gasteiger partial charge in [-0.3, -0.25) is 0 Å². The fourth-order valence-electron chi connectivity index (χ4n) is 5.61. The Morgan fingerprint density at radius 2 is 1.64 bits per heavy atom. The summed E-state index contributed by atoms with van der Waals surface area (Å²) in [4.78, 5) is 0. The second-order valence-electron chi connectivity index (χ2n) is 9.47. The van der Waals surface area contributed by atoms with Crippen LogP contribution >= 0.6 is 0 Å². The summed E-state index contributed by atoms with van der Waals surface area (Å²) in [6.07, 6.45) is 16.5. The van der Waals surface area contributed by atoms with Crippen molar-refractivity contribution in [3.63, 3.8) is 0 Å². The maximum absolute atomic E-state index is 15.0. The first-order chi connectivity index (χ1) is 12.0. The minimum absolute atomic E-state index is 0.329. The van der Waals surface area contributed by atoms with Gasteiger partial charge in [-0.15, -0.1) is 6.58 Å². The van der Waals surface area contributed by atoms with E-state index in [1.165, 1.54) is 57.8 Å². The van der Waals surface area contributed by atoms with Crippen LogP contribution in [0.1, 0.15) is 97.8 Å². The molecule has 0 heterocycles. The van der Waals surface area contributed by atoms with Crippen molar-refractivity contribution in [1.82, 2.24) is 0 Å². The molecule has 2 aliphatic carbocycles. The highest BCUT2D eigenvalue weighted by Gasteiger charge is 2.37. The molecule has 1 heteroatoms. The molecule has 2 saturated carbocycles. The average Bonchev–Trinajstić information content (AvgIpc) is 2.64. The molecule has 146 valence electrons. The predicted octanol–water partition coefficient (Wildman–Crippen LogP) is 7.98. The largest absolute Gasteiger partial charge is 0.247 e. The van der Waals surface area contributed by atoms with Gasteiger partial charge in [0.25, 0.3) is 0 Å². The van der Waals surface area contributed by atoms with Crippen LogP contribution in [-0.4, -0.2) is 6.17 Å². The zero-order chi connectivity index (χ0) is 18.2. The van der Waals surface area contributed by atoms with Crippen molar-refractivity contribution in [2.45, 2.75) is 104 Å². The summed E-state index contributed by atoms with van der Waals surface area (Å²) in [5.74, 6) is 4.10. The molecule has 0 aliphatic heterocycles. The van der Waals surface area contributed by atoms with Crippen LogP contribution in [0, 0.1) is 35.5 Å². The number of hydrogen-bond acceptors (Lipinski definition) is 0. The minimum Gasteiger partial charge on any atom is -0.247 e. The van der Waals surface area contributed by atoms with Gasteiger partial charge in [0.05, 0.1) is 0 Å². The zero-order valence-corrected chi connectivity index (χ0v) is 17.2. The highest BCUT2D eigenvalue weighted by atomic mass is 19.1. The molecule has 0 nitrogen and oxygen atoms in total. The number of allylic oxidation sites excluding steroid dienone is 1. The molecule has 0 aromatic rings. The Bertz CT molecular complexity index is 368. The molecule has 5 unspecified atom stereocenters. The molecular weight excluding hydrogens is 307 g/mol. The molecule has 0 saturated heterocycles. The van der Waals surface area contributed by atoms with Gasteiger partial charge >= 0.3 is 0 Å². The Hall–Kier alpha value is -0.330. The maximum Gasteiger partial charge on any atom is 0.103 e. The lowest BCUT2D eigenvalue weighted by atomic mass is 9.66. The van der Waals surface area contributed by atoms with Gasteiger partial charge in [-0.05, 0) is 80.5 Å². The lowest BCUT2D eigenvalue weighted by Crippen LogP contribution is -2.34. The molecule has 2 rings (SSSR count). The quantitative estimate of drug-likeness (QED) is 0.370. The molecular formula is C24H43F. The van der Waals surface area contributed by atoms with Crippen molar-refractivity contribution in [2.75, 3.05) is 0 Å². The van der Waals surface area contributed by atoms with E-state index in [0.29, 0.717) is 17.8 Å². The van der Waals surface area contributed by atoms with Crippen molar-refractivity contribution in [1.29, 1.82) is 0 Å². The van der Waals surface area contributed by atoms with Gasteiger partial charge in [-0.1, -0.05) is 59.0 Å². The number of alkyl halides is 1. The van der Waals surface area contributed by atoms with E-state index in [0.717, 1.165) is 37.0 Å². The molecule has 2 fully saturated rings. The van der Waals surface area contributed by atoms with Crippen LogP contribution in [0.15, 0.2) is 12.7 Å². The Morgan fingerprint density at radius 3 is 2.24 bits per heavy atom. The molecule has 0 aromatic heterocycles. The maximum atomic E-state index is 15.0. The van der Waals surface area contributed by atoms with Gasteiger partial charge in [0.15, 0.2) is 0 Å². The minimum atomic E-state index is -0.541. The molecule has 0 radical (unpaired) electrons. The smallest absolute Gasteiger partial charge is 0.103 e. The fraction of sp³-hybridized carbons (Fsp3) is 0.917. The predicted molar refractivity (Wildman–Crippen MR) is 108 cm³/mol. The number of halogens is 1. The molecule has 25 heavy (non-hydrogen) atoms. The second kappa shape index (κ2) is 10.7. The van der Waals surface area contributed by atoms with Crippen LogP contribution in [0.4, 0.5) is 4.39 Å². The first-order valence-corrected chi connectivity index (χ1v) is 11.3. The van der Waals surface area contributed by atoms with Gasteiger partial charge in [-0.25, -0.2) is 4.39 Å². The van der Waals surface area contributed by atoms with Crippen LogP contribution in [0.3, 0.4) is 0 Å². The summed E-state index contributed by atoms with van der Waals surface area (Å²) in [6.45, 7) is 10.8. The van der Waals surface area contributed by atoms with Crippen molar-refractivity contribution < 1.29 is 4.39 Å². The topological polar surface area (TPSA) is 0 Å². The van der Waals surface area contributed by atoms with Gasteiger partial charge in [0.1, 0.15) is 6.17 Å². The van der Waals surface area contributed by atoms with E-state index in [2.05, 4.69) is 27.4 Å². The monoisotopic (exact) mass is 350 g/mol. The van der Waals surface area contributed by atoms with Gasteiger partial charge < -0.3 is 0 Å². The van der Waals surface area contributed by atoms with Gasteiger partial charge in [0, 0.05) is 0 Å². The van der Waals surface area contributed by atoms with Crippen LogP contribution in [-0.2, 0) is 0 Å². The molecule has 2 aliphatic rings. The summed E-state index contributed by atoms with van der Waals surface area (Å²) < 4.78 is 15.0. The number of hydrogen-bond donors (Lipinski definition) is 0. The third-order valence-electron chi connectivity index (χ3n) is 7.71. The molecule has 0 aromatic carbocycles. The number of rotatable bonds is 9. The van der Waals surface area contributed by atoms with E-state index in [4.69, 9.17) is 0 Å². The standard InChI is InChI=1S/C24H43F/c1-5-7-8-18(3)9-10-19(4)23-16-15-22(17-24(23)25)21-13-11-20(6-2)12-14-21/h5,18-24H,1,6-17H2,2-4H3. The van der Waals surface area contributed by atoms with Crippen LogP contribution in [0.25, 0.3) is 0 Å². The van der Waals surface area contributed by atoms with Crippen LogP contribution < -0.4 is 0 Å². The zero-order valence-electron chi connectivity index (χ0n) is 17.2. The molecule has 0 bridgehead atoms. The van der Waals surface area contributed by atoms with Gasteiger partial charge in [0.2, 0.25) is 0 Å². The normalized spacial score (nSPS) is 35.9. The molecule has 0 amide bonds. The van der Waals surface area contributed by atoms with Crippen molar-refractivity contribution >= 4 is 0 Å². The molecule has 0 spiro atoms. The summed E-state index contributed by atoms with van der Waals surface area (Å²) >= 11 is 0. The first-order valence-electron chi connectivity index (χ1n) is 11.3. The lowest BCUT2D eigenvalue weighted by molar-refractivity contribution is 0.0491. The van der Waals surface area contributed by atoms with E-state index < -0.39 is 6.17 Å². The average molecular weight is 351 g/mol. The molecule has 0 N–H and O–H groups in total. The Labute approximate surface area is 157 Å². The van der Waals surface area contributed by atoms with Crippen molar-refractivity contribution in [2.24, 2.45) is 35.5 Å². The van der Waals surface area contributed by atoms with E-state index in [1.807, 2.05) is 6.08 Å². The van der Waals surface area contributed by atoms with Crippen LogP contribution in [0.5, 0.6) is 0 Å². The highest BCUT2D eigenvalue weighted by molar-refractivity contribution is 4.87. The van der Waals surface area contributed by atoms with E-state index in [9.17, 15) is 4.39 Å². The molecule has 5 atom stereocenters. The van der Waals surface area contributed by atoms with E-state index in [-0.39, 0.29) is 0 Å². The van der Waals surface area contributed by atoms with E-state index >= 15 is 0 Å². The highest BCUT2D eigenvalue weighted by Crippen LogP contribution is 2.45. The Kier molecular flexibility index (Phi) is 9.00. The van der Waals surface area contributed by atoms with E-state index in [1.54, 1.807) is 0 Å². The first kappa shape index (κ1) is 21.0. The fourth-order valence-corrected chi connectivity index (χ4v) is 5.61. The van der Waals surface area contributed by atoms with Crippen molar-refractivity contribution in [3.05, 3.63) is 12.7 Å². The Morgan fingerprint density at radius 1 is 0.960 bits per heavy atom. The third kappa shape index (κ3) is 6.40. The Balaban J connectivity index is 1.72. The summed E-state index contributed by atoms with van der Waals surface area (Å²) in [7, 11) is 0. The van der Waals surface area contributed by atoms with Gasteiger partial charge in [-0.2, -0.15) is 0 Å². The third-order valence-corrected chi connectivity index (χ3v) is 7.71. The van der Waals surface area contributed by atoms with Crippen molar-refractivity contribution in [3.8, 4) is 0 Å².